The molecule has 0 saturated heterocycles. The molecule has 1 aliphatic heterocycles. The van der Waals surface area contributed by atoms with E-state index in [4.69, 9.17) is 7.16 Å². The van der Waals surface area contributed by atoms with Crippen molar-refractivity contribution in [3.63, 3.8) is 0 Å². The van der Waals surface area contributed by atoms with Gasteiger partial charge in [0.2, 0.25) is 0 Å². The molecule has 0 aliphatic carbocycles. The van der Waals surface area contributed by atoms with Gasteiger partial charge in [-0.2, -0.15) is 0 Å². The minimum atomic E-state index is -2.39. The molecular formula is C31H29GeN2O+. The van der Waals surface area contributed by atoms with E-state index in [2.05, 4.69) is 53.3 Å². The Morgan fingerprint density at radius 3 is 2.54 bits per heavy atom. The zero-order valence-electron chi connectivity index (χ0n) is 22.6. The molecule has 0 atom stereocenters. The molecule has 35 heavy (non-hydrogen) atoms. The van der Waals surface area contributed by atoms with Crippen LogP contribution in [0.15, 0.2) is 71.3 Å². The van der Waals surface area contributed by atoms with Gasteiger partial charge in [-0.15, -0.1) is 0 Å². The van der Waals surface area contributed by atoms with Gasteiger partial charge in [0.15, 0.2) is 0 Å². The van der Waals surface area contributed by atoms with Gasteiger partial charge in [-0.1, -0.05) is 0 Å². The molecule has 3 nitrogen and oxygen atoms in total. The molecular weight excluding hydrogens is 489 g/mol. The van der Waals surface area contributed by atoms with Gasteiger partial charge in [-0.05, 0) is 0 Å². The SMILES string of the molecule is [2H]C1([2H])C[CH2][Ge]([CH3])([CH3])[c]2cc(-c3c(C#N)ccc4c3oc3c(-c5cccc[n+]5C)c(C)ccc34)ccc21. The molecule has 6 rings (SSSR count). The van der Waals surface area contributed by atoms with Crippen LogP contribution in [-0.4, -0.2) is 13.3 Å². The van der Waals surface area contributed by atoms with Crippen LogP contribution in [0.2, 0.25) is 16.8 Å². The molecule has 2 aromatic heterocycles. The van der Waals surface area contributed by atoms with Crippen molar-refractivity contribution in [1.82, 2.24) is 0 Å². The summed E-state index contributed by atoms with van der Waals surface area (Å²) in [4.78, 5) is 0. The van der Waals surface area contributed by atoms with E-state index in [9.17, 15) is 5.26 Å². The number of rotatable bonds is 2. The van der Waals surface area contributed by atoms with Gasteiger partial charge in [-0.3, -0.25) is 0 Å². The fourth-order valence-corrected chi connectivity index (χ4v) is 10.7. The van der Waals surface area contributed by atoms with Crippen LogP contribution in [-0.2, 0) is 13.4 Å². The Morgan fingerprint density at radius 2 is 1.77 bits per heavy atom. The second-order valence-corrected chi connectivity index (χ2v) is 20.3. The molecule has 0 saturated carbocycles. The summed E-state index contributed by atoms with van der Waals surface area (Å²) in [6.07, 6.45) is 1.32. The molecule has 1 aliphatic rings. The third kappa shape index (κ3) is 3.43. The van der Waals surface area contributed by atoms with E-state index in [1.54, 1.807) is 0 Å². The van der Waals surface area contributed by atoms with Crippen LogP contribution in [0.5, 0.6) is 0 Å². The second kappa shape index (κ2) is 8.10. The van der Waals surface area contributed by atoms with Gasteiger partial charge in [0, 0.05) is 0 Å². The summed E-state index contributed by atoms with van der Waals surface area (Å²) >= 11 is -2.39. The average molecular weight is 520 g/mol. The Morgan fingerprint density at radius 1 is 1.00 bits per heavy atom. The summed E-state index contributed by atoms with van der Waals surface area (Å²) in [7, 11) is 2.04. The van der Waals surface area contributed by atoms with E-state index in [1.807, 2.05) is 49.6 Å². The third-order valence-electron chi connectivity index (χ3n) is 7.55. The zero-order valence-corrected chi connectivity index (χ0v) is 22.7. The molecule has 3 heterocycles. The van der Waals surface area contributed by atoms with E-state index < -0.39 is 19.6 Å². The third-order valence-corrected chi connectivity index (χ3v) is 14.6. The van der Waals surface area contributed by atoms with Gasteiger partial charge in [-0.25, -0.2) is 0 Å². The van der Waals surface area contributed by atoms with Gasteiger partial charge in [0.05, 0.1) is 0 Å². The van der Waals surface area contributed by atoms with E-state index in [0.29, 0.717) is 17.6 Å². The van der Waals surface area contributed by atoms with Crippen LogP contribution in [0.4, 0.5) is 0 Å². The Hall–Kier alpha value is -3.36. The van der Waals surface area contributed by atoms with Crippen LogP contribution >= 0.6 is 0 Å². The first kappa shape index (κ1) is 19.9. The zero-order chi connectivity index (χ0) is 26.1. The van der Waals surface area contributed by atoms with Crippen LogP contribution in [0.3, 0.4) is 0 Å². The Labute approximate surface area is 211 Å². The number of furan rings is 1. The maximum atomic E-state index is 10.1. The topological polar surface area (TPSA) is 40.8 Å². The Kier molecular flexibility index (Phi) is 4.61. The van der Waals surface area contributed by atoms with Crippen LogP contribution in [0, 0.1) is 18.3 Å². The second-order valence-electron chi connectivity index (χ2n) is 10.2. The number of hydrogen-bond donors (Lipinski definition) is 0. The quantitative estimate of drug-likeness (QED) is 0.190. The fourth-order valence-electron chi connectivity index (χ4n) is 5.54. The fraction of sp³-hybridized carbons (Fsp3) is 0.226. The van der Waals surface area contributed by atoms with Gasteiger partial charge >= 0.3 is 212 Å². The minimum absolute atomic E-state index is 0.569. The van der Waals surface area contributed by atoms with Gasteiger partial charge < -0.3 is 0 Å². The summed E-state index contributed by atoms with van der Waals surface area (Å²) in [6, 6.07) is 22.8. The Bertz CT molecular complexity index is 1780. The van der Waals surface area contributed by atoms with Gasteiger partial charge in [0.1, 0.15) is 0 Å². The molecule has 0 amide bonds. The number of aryl methyl sites for hydroxylation is 3. The molecule has 0 unspecified atom stereocenters. The molecule has 5 aromatic rings. The Balaban J connectivity index is 1.68. The molecule has 0 bridgehead atoms. The number of benzene rings is 3. The predicted octanol–water partition coefficient (Wildman–Crippen LogP) is 6.79. The van der Waals surface area contributed by atoms with Crippen molar-refractivity contribution in [2.24, 2.45) is 7.05 Å². The molecule has 3 aromatic carbocycles. The molecule has 0 radical (unpaired) electrons. The number of hydrogen-bond acceptors (Lipinski definition) is 2. The van der Waals surface area contributed by atoms with Crippen LogP contribution < -0.4 is 8.96 Å². The van der Waals surface area contributed by atoms with Crippen LogP contribution in [0.25, 0.3) is 44.3 Å². The molecule has 0 fully saturated rings. The van der Waals surface area contributed by atoms with Crippen molar-refractivity contribution in [2.45, 2.75) is 36.5 Å². The average Bonchev–Trinajstić information content (AvgIpc) is 3.25. The first-order chi connectivity index (χ1) is 17.6. The normalized spacial score (nSPS) is 17.0. The molecule has 4 heteroatoms. The summed E-state index contributed by atoms with van der Waals surface area (Å²) in [5.74, 6) is 4.72. The van der Waals surface area contributed by atoms with Crippen molar-refractivity contribution in [2.75, 3.05) is 0 Å². The molecule has 0 spiro atoms. The number of pyridine rings is 1. The summed E-state index contributed by atoms with van der Waals surface area (Å²) < 4.78 is 27.2. The predicted molar refractivity (Wildman–Crippen MR) is 145 cm³/mol. The van der Waals surface area contributed by atoms with Crippen LogP contribution in [0.1, 0.15) is 25.9 Å². The number of nitriles is 1. The number of aromatic nitrogens is 1. The number of nitrogens with zero attached hydrogens (tertiary/aromatic N) is 2. The van der Waals surface area contributed by atoms with E-state index in [0.717, 1.165) is 55.1 Å². The summed E-state index contributed by atoms with van der Waals surface area (Å²) in [5.41, 5.74) is 7.90. The first-order valence-electron chi connectivity index (χ1n) is 13.1. The first-order valence-corrected chi connectivity index (χ1v) is 18.8. The summed E-state index contributed by atoms with van der Waals surface area (Å²) in [6.45, 7) is 2.10. The summed E-state index contributed by atoms with van der Waals surface area (Å²) in [5, 5.41) is 13.1. The number of fused-ring (bicyclic) bond motifs is 4. The van der Waals surface area contributed by atoms with Crippen molar-refractivity contribution >= 4 is 39.6 Å². The van der Waals surface area contributed by atoms with Crippen molar-refractivity contribution in [1.29, 1.82) is 5.26 Å². The molecule has 0 N–H and O–H groups in total. The monoisotopic (exact) mass is 521 g/mol. The van der Waals surface area contributed by atoms with Crippen molar-refractivity contribution in [3.05, 3.63) is 83.6 Å². The molecule has 172 valence electrons. The maximum absolute atomic E-state index is 10.1. The van der Waals surface area contributed by atoms with Crippen molar-refractivity contribution < 1.29 is 11.7 Å². The van der Waals surface area contributed by atoms with E-state index in [-0.39, 0.29) is 0 Å². The van der Waals surface area contributed by atoms with E-state index in [1.165, 1.54) is 4.40 Å². The van der Waals surface area contributed by atoms with E-state index >= 15 is 0 Å². The van der Waals surface area contributed by atoms with Crippen molar-refractivity contribution in [3.8, 4) is 28.5 Å². The van der Waals surface area contributed by atoms with Gasteiger partial charge in [0.25, 0.3) is 0 Å². The standard InChI is InChI=1S/C31H29GeN2O/c1-20-10-14-24-25-15-13-23(19-33)29(22-12-11-21-8-7-16-32(2,3)26(21)18-22)31(25)35-30(24)28(20)27-9-5-6-17-34(27)4/h5-6,9-15,17-18H,7-8,16H2,1-4H3/q+1/i8D2.